The minimum Gasteiger partial charge on any atom is -0.323 e. The summed E-state index contributed by atoms with van der Waals surface area (Å²) in [4.78, 5) is 30.3. The number of nitrogens with zero attached hydrogens (tertiary/aromatic N) is 2. The highest BCUT2D eigenvalue weighted by Gasteiger charge is 2.51. The number of nitrogens with one attached hydrogen (secondary N) is 1. The molecule has 1 saturated heterocycles. The number of hydrogen-bond donors (Lipinski definition) is 1. The molecule has 5 nitrogen and oxygen atoms in total. The van der Waals surface area contributed by atoms with Crippen LogP contribution in [0.25, 0.3) is 0 Å². The first-order valence-corrected chi connectivity index (χ1v) is 8.03. The van der Waals surface area contributed by atoms with Crippen LogP contribution < -0.4 is 5.32 Å². The summed E-state index contributed by atoms with van der Waals surface area (Å²) >= 11 is 3.35. The van der Waals surface area contributed by atoms with Crippen LogP contribution in [0.15, 0.2) is 22.9 Å². The zero-order valence-electron chi connectivity index (χ0n) is 11.9. The molecular weight excluding hydrogens is 334 g/mol. The normalized spacial score (nSPS) is 29.0. The van der Waals surface area contributed by atoms with Crippen molar-refractivity contribution in [1.82, 2.24) is 15.2 Å². The van der Waals surface area contributed by atoms with Crippen LogP contribution in [0.3, 0.4) is 0 Å². The van der Waals surface area contributed by atoms with Gasteiger partial charge in [0.25, 0.3) is 5.91 Å². The molecule has 2 aliphatic rings. The van der Waals surface area contributed by atoms with Crippen LogP contribution in [0.5, 0.6) is 0 Å². The molecule has 3 rings (SSSR count). The van der Waals surface area contributed by atoms with Gasteiger partial charge in [-0.25, -0.2) is 4.79 Å². The molecule has 3 amide bonds. The van der Waals surface area contributed by atoms with Gasteiger partial charge in [-0.2, -0.15) is 0 Å². The number of pyridine rings is 1. The largest absolute Gasteiger partial charge is 0.325 e. The van der Waals surface area contributed by atoms with E-state index in [-0.39, 0.29) is 18.5 Å². The van der Waals surface area contributed by atoms with Gasteiger partial charge in [-0.15, -0.1) is 0 Å². The van der Waals surface area contributed by atoms with E-state index >= 15 is 0 Å². The second-order valence-corrected chi connectivity index (χ2v) is 7.01. The van der Waals surface area contributed by atoms with Gasteiger partial charge < -0.3 is 5.32 Å². The molecule has 21 heavy (non-hydrogen) atoms. The van der Waals surface area contributed by atoms with E-state index in [1.165, 1.54) is 4.90 Å². The van der Waals surface area contributed by atoms with Gasteiger partial charge in [-0.3, -0.25) is 14.7 Å². The molecule has 2 heterocycles. The summed E-state index contributed by atoms with van der Waals surface area (Å²) in [7, 11) is 0. The Hall–Kier alpha value is -1.43. The monoisotopic (exact) mass is 351 g/mol. The number of imide groups is 1. The SMILES string of the molecule is CC1CCC2(CC1)NC(=O)N(Cc1cncc(Br)c1)C2=O. The van der Waals surface area contributed by atoms with E-state index in [9.17, 15) is 9.59 Å². The minimum atomic E-state index is -0.664. The molecular formula is C15H18BrN3O2. The maximum absolute atomic E-state index is 12.7. The molecule has 2 fully saturated rings. The maximum atomic E-state index is 12.7. The van der Waals surface area contributed by atoms with Crippen LogP contribution in [0, 0.1) is 5.92 Å². The van der Waals surface area contributed by atoms with Crippen molar-refractivity contribution in [2.45, 2.75) is 44.7 Å². The van der Waals surface area contributed by atoms with Crippen LogP contribution in [-0.2, 0) is 11.3 Å². The van der Waals surface area contributed by atoms with Crippen LogP contribution >= 0.6 is 15.9 Å². The first-order valence-electron chi connectivity index (χ1n) is 7.24. The Bertz CT molecular complexity index is 582. The van der Waals surface area contributed by atoms with E-state index in [0.717, 1.165) is 35.7 Å². The van der Waals surface area contributed by atoms with E-state index < -0.39 is 5.54 Å². The zero-order valence-corrected chi connectivity index (χ0v) is 13.5. The Morgan fingerprint density at radius 1 is 1.38 bits per heavy atom. The lowest BCUT2D eigenvalue weighted by molar-refractivity contribution is -0.133. The maximum Gasteiger partial charge on any atom is 0.325 e. The minimum absolute atomic E-state index is 0.0839. The predicted molar refractivity (Wildman–Crippen MR) is 81.4 cm³/mol. The Balaban J connectivity index is 1.78. The molecule has 112 valence electrons. The molecule has 1 N–H and O–H groups in total. The highest BCUT2D eigenvalue weighted by molar-refractivity contribution is 9.10. The van der Waals surface area contributed by atoms with Crippen LogP contribution in [0.1, 0.15) is 38.2 Å². The molecule has 6 heteroatoms. The Kier molecular flexibility index (Phi) is 3.73. The fourth-order valence-corrected chi connectivity index (χ4v) is 3.55. The van der Waals surface area contributed by atoms with E-state index in [2.05, 4.69) is 33.2 Å². The van der Waals surface area contributed by atoms with Gasteiger partial charge in [-0.05, 0) is 59.2 Å². The van der Waals surface area contributed by atoms with Crippen molar-refractivity contribution in [1.29, 1.82) is 0 Å². The lowest BCUT2D eigenvalue weighted by Gasteiger charge is -2.33. The van der Waals surface area contributed by atoms with Crippen LogP contribution in [0.4, 0.5) is 4.79 Å². The summed E-state index contributed by atoms with van der Waals surface area (Å²) in [6.45, 7) is 2.47. The van der Waals surface area contributed by atoms with Crippen LogP contribution in [0.2, 0.25) is 0 Å². The number of rotatable bonds is 2. The molecule has 0 radical (unpaired) electrons. The molecule has 0 bridgehead atoms. The van der Waals surface area contributed by atoms with Crippen molar-refractivity contribution in [2.24, 2.45) is 5.92 Å². The number of amides is 3. The summed E-state index contributed by atoms with van der Waals surface area (Å²) < 4.78 is 0.841. The third kappa shape index (κ3) is 2.69. The molecule has 0 unspecified atom stereocenters. The van der Waals surface area contributed by atoms with Crippen molar-refractivity contribution in [3.63, 3.8) is 0 Å². The third-order valence-corrected chi connectivity index (χ3v) is 4.91. The number of aromatic nitrogens is 1. The Morgan fingerprint density at radius 3 is 2.76 bits per heavy atom. The number of carbonyl (C=O) groups excluding carboxylic acids is 2. The molecule has 1 aromatic rings. The molecule has 1 saturated carbocycles. The average Bonchev–Trinajstić information content (AvgIpc) is 2.67. The summed E-state index contributed by atoms with van der Waals surface area (Å²) in [5.41, 5.74) is 0.178. The van der Waals surface area contributed by atoms with Crippen LogP contribution in [-0.4, -0.2) is 27.4 Å². The number of carbonyl (C=O) groups is 2. The van der Waals surface area contributed by atoms with E-state index in [4.69, 9.17) is 0 Å². The lowest BCUT2D eigenvalue weighted by Crippen LogP contribution is -2.49. The second-order valence-electron chi connectivity index (χ2n) is 6.10. The highest BCUT2D eigenvalue weighted by atomic mass is 79.9. The highest BCUT2D eigenvalue weighted by Crippen LogP contribution is 2.36. The van der Waals surface area contributed by atoms with Gasteiger partial charge in [0.1, 0.15) is 5.54 Å². The number of halogens is 1. The fourth-order valence-electron chi connectivity index (χ4n) is 3.14. The van der Waals surface area contributed by atoms with Crippen molar-refractivity contribution < 1.29 is 9.59 Å². The first kappa shape index (κ1) is 14.5. The summed E-state index contributed by atoms with van der Waals surface area (Å²) in [5.74, 6) is 0.544. The van der Waals surface area contributed by atoms with Gasteiger partial charge in [0.15, 0.2) is 0 Å². The van der Waals surface area contributed by atoms with Crippen molar-refractivity contribution in [2.75, 3.05) is 0 Å². The standard InChI is InChI=1S/C15H18BrN3O2/c1-10-2-4-15(5-3-10)13(20)19(14(21)18-15)9-11-6-12(16)8-17-7-11/h6-8,10H,2-5,9H2,1H3,(H,18,21). The molecule has 1 aliphatic carbocycles. The van der Waals surface area contributed by atoms with Crippen molar-refractivity contribution in [3.05, 3.63) is 28.5 Å². The molecule has 1 spiro atoms. The van der Waals surface area contributed by atoms with Gasteiger partial charge in [0.05, 0.1) is 6.54 Å². The first-order chi connectivity index (χ1) is 10.00. The van der Waals surface area contributed by atoms with E-state index in [1.54, 1.807) is 12.4 Å². The van der Waals surface area contributed by atoms with Gasteiger partial charge in [0.2, 0.25) is 0 Å². The molecule has 0 atom stereocenters. The summed E-state index contributed by atoms with van der Waals surface area (Å²) in [6, 6.07) is 1.59. The summed E-state index contributed by atoms with van der Waals surface area (Å²) in [6.07, 6.45) is 6.81. The third-order valence-electron chi connectivity index (χ3n) is 4.48. The molecule has 1 aromatic heterocycles. The number of hydrogen-bond acceptors (Lipinski definition) is 3. The van der Waals surface area contributed by atoms with Crippen molar-refractivity contribution in [3.8, 4) is 0 Å². The smallest absolute Gasteiger partial charge is 0.323 e. The Labute approximate surface area is 132 Å². The second kappa shape index (κ2) is 5.40. The average molecular weight is 352 g/mol. The fraction of sp³-hybridized carbons (Fsp3) is 0.533. The molecule has 1 aliphatic heterocycles. The zero-order chi connectivity index (χ0) is 15.0. The van der Waals surface area contributed by atoms with E-state index in [1.807, 2.05) is 6.07 Å². The summed E-state index contributed by atoms with van der Waals surface area (Å²) in [5, 5.41) is 2.93. The van der Waals surface area contributed by atoms with Crippen molar-refractivity contribution >= 4 is 27.9 Å². The van der Waals surface area contributed by atoms with Gasteiger partial charge in [0, 0.05) is 16.9 Å². The topological polar surface area (TPSA) is 62.3 Å². The molecule has 0 aromatic carbocycles. The van der Waals surface area contributed by atoms with Gasteiger partial charge in [-0.1, -0.05) is 6.92 Å². The predicted octanol–water partition coefficient (Wildman–Crippen LogP) is 2.84. The quantitative estimate of drug-likeness (QED) is 0.833. The Morgan fingerprint density at radius 2 is 2.10 bits per heavy atom. The van der Waals surface area contributed by atoms with Gasteiger partial charge >= 0.3 is 6.03 Å². The number of urea groups is 1. The van der Waals surface area contributed by atoms with E-state index in [0.29, 0.717) is 5.92 Å². The lowest BCUT2D eigenvalue weighted by atomic mass is 9.77.